The van der Waals surface area contributed by atoms with Gasteiger partial charge in [-0.15, -0.1) is 0 Å². The number of Topliss-reactive ketones (excluding diaryl/α,β-unsaturated/α-hetero) is 1. The second-order valence-electron chi connectivity index (χ2n) is 4.67. The Balaban J connectivity index is 2.21. The molecule has 1 atom stereocenters. The number of carbonyl (C=O) groups is 1. The predicted octanol–water partition coefficient (Wildman–Crippen LogP) is 1.71. The molecule has 1 heterocycles. The second-order valence-corrected chi connectivity index (χ2v) is 4.67. The van der Waals surface area contributed by atoms with Gasteiger partial charge in [0, 0.05) is 19.0 Å². The molecule has 0 bridgehead atoms. The quantitative estimate of drug-likeness (QED) is 0.696. The highest BCUT2D eigenvalue weighted by atomic mass is 16.5. The van der Waals surface area contributed by atoms with E-state index in [0.717, 1.165) is 39.1 Å². The molecule has 0 aromatic rings. The third-order valence-corrected chi connectivity index (χ3v) is 2.94. The van der Waals surface area contributed by atoms with Crippen LogP contribution in [0.4, 0.5) is 0 Å². The number of piperidine rings is 1. The molecule has 15 heavy (non-hydrogen) atoms. The molecule has 1 aliphatic rings. The summed E-state index contributed by atoms with van der Waals surface area (Å²) >= 11 is 0. The lowest BCUT2D eigenvalue weighted by atomic mass is 9.95. The zero-order chi connectivity index (χ0) is 11.3. The van der Waals surface area contributed by atoms with Gasteiger partial charge < -0.3 is 9.64 Å². The summed E-state index contributed by atoms with van der Waals surface area (Å²) in [6.45, 7) is 9.59. The lowest BCUT2D eigenvalue weighted by Crippen LogP contribution is -2.40. The number of ketones is 1. The van der Waals surface area contributed by atoms with Crippen molar-refractivity contribution in [1.29, 1.82) is 0 Å². The van der Waals surface area contributed by atoms with Crippen LogP contribution in [-0.2, 0) is 9.53 Å². The Kier molecular flexibility index (Phi) is 5.26. The van der Waals surface area contributed by atoms with E-state index in [1.54, 1.807) is 6.92 Å². The second kappa shape index (κ2) is 6.23. The lowest BCUT2D eigenvalue weighted by molar-refractivity contribution is -0.122. The molecule has 88 valence electrons. The first-order chi connectivity index (χ1) is 7.09. The average molecular weight is 213 g/mol. The highest BCUT2D eigenvalue weighted by Gasteiger charge is 2.22. The van der Waals surface area contributed by atoms with E-state index in [0.29, 0.717) is 11.9 Å². The zero-order valence-corrected chi connectivity index (χ0v) is 10.2. The predicted molar refractivity (Wildman–Crippen MR) is 60.9 cm³/mol. The van der Waals surface area contributed by atoms with Gasteiger partial charge in [0.15, 0.2) is 0 Å². The fourth-order valence-corrected chi connectivity index (χ4v) is 2.01. The van der Waals surface area contributed by atoms with Gasteiger partial charge in [-0.2, -0.15) is 0 Å². The number of nitrogens with zero attached hydrogens (tertiary/aromatic N) is 1. The van der Waals surface area contributed by atoms with E-state index in [-0.39, 0.29) is 5.92 Å². The minimum Gasteiger partial charge on any atom is -0.377 e. The van der Waals surface area contributed by atoms with Crippen molar-refractivity contribution in [2.24, 2.45) is 5.92 Å². The summed E-state index contributed by atoms with van der Waals surface area (Å²) in [6, 6.07) is 0. The van der Waals surface area contributed by atoms with Crippen LogP contribution in [0.15, 0.2) is 0 Å². The Labute approximate surface area is 92.8 Å². The Morgan fingerprint density at radius 2 is 2.27 bits per heavy atom. The first-order valence-corrected chi connectivity index (χ1v) is 5.94. The largest absolute Gasteiger partial charge is 0.377 e. The van der Waals surface area contributed by atoms with Crippen molar-refractivity contribution in [2.75, 3.05) is 26.2 Å². The number of hydrogen-bond acceptors (Lipinski definition) is 3. The molecule has 1 saturated heterocycles. The van der Waals surface area contributed by atoms with Crippen molar-refractivity contribution in [2.45, 2.75) is 39.7 Å². The maximum atomic E-state index is 11.3. The molecule has 3 heteroatoms. The highest BCUT2D eigenvalue weighted by Crippen LogP contribution is 2.16. The van der Waals surface area contributed by atoms with Crippen LogP contribution in [0.1, 0.15) is 33.6 Å². The van der Waals surface area contributed by atoms with Crippen molar-refractivity contribution in [3.63, 3.8) is 0 Å². The standard InChI is InChI=1S/C12H23NO2/c1-10(2)15-8-7-13-6-4-5-12(9-13)11(3)14/h10,12H,4-9H2,1-3H3. The molecule has 1 unspecified atom stereocenters. The zero-order valence-electron chi connectivity index (χ0n) is 10.2. The summed E-state index contributed by atoms with van der Waals surface area (Å²) in [5.41, 5.74) is 0. The summed E-state index contributed by atoms with van der Waals surface area (Å²) in [4.78, 5) is 13.6. The summed E-state index contributed by atoms with van der Waals surface area (Å²) < 4.78 is 5.51. The van der Waals surface area contributed by atoms with Crippen LogP contribution in [0.2, 0.25) is 0 Å². The van der Waals surface area contributed by atoms with Crippen LogP contribution < -0.4 is 0 Å². The first-order valence-electron chi connectivity index (χ1n) is 5.94. The van der Waals surface area contributed by atoms with E-state index < -0.39 is 0 Å². The van der Waals surface area contributed by atoms with E-state index in [1.807, 2.05) is 0 Å². The van der Waals surface area contributed by atoms with Gasteiger partial charge in [0.1, 0.15) is 5.78 Å². The summed E-state index contributed by atoms with van der Waals surface area (Å²) in [5.74, 6) is 0.599. The van der Waals surface area contributed by atoms with Gasteiger partial charge in [-0.1, -0.05) is 0 Å². The molecule has 0 aromatic heterocycles. The molecule has 0 aliphatic carbocycles. The summed E-state index contributed by atoms with van der Waals surface area (Å²) in [5, 5.41) is 0. The minimum absolute atomic E-state index is 0.262. The van der Waals surface area contributed by atoms with E-state index in [2.05, 4.69) is 18.7 Å². The van der Waals surface area contributed by atoms with E-state index in [9.17, 15) is 4.79 Å². The molecule has 1 aliphatic heterocycles. The van der Waals surface area contributed by atoms with Gasteiger partial charge in [-0.3, -0.25) is 4.79 Å². The van der Waals surface area contributed by atoms with Gasteiger partial charge in [0.05, 0.1) is 12.7 Å². The highest BCUT2D eigenvalue weighted by molar-refractivity contribution is 5.78. The van der Waals surface area contributed by atoms with Crippen molar-refractivity contribution < 1.29 is 9.53 Å². The van der Waals surface area contributed by atoms with Crippen LogP contribution in [0.5, 0.6) is 0 Å². The van der Waals surface area contributed by atoms with Gasteiger partial charge in [0.25, 0.3) is 0 Å². The maximum Gasteiger partial charge on any atom is 0.134 e. The Hall–Kier alpha value is -0.410. The van der Waals surface area contributed by atoms with E-state index >= 15 is 0 Å². The van der Waals surface area contributed by atoms with Gasteiger partial charge in [0.2, 0.25) is 0 Å². The van der Waals surface area contributed by atoms with Crippen LogP contribution >= 0.6 is 0 Å². The van der Waals surface area contributed by atoms with Crippen molar-refractivity contribution >= 4 is 5.78 Å². The fraction of sp³-hybridized carbons (Fsp3) is 0.917. The van der Waals surface area contributed by atoms with Crippen molar-refractivity contribution in [1.82, 2.24) is 4.90 Å². The SMILES string of the molecule is CC(=O)C1CCCN(CCOC(C)C)C1. The molecule has 0 radical (unpaired) electrons. The molecule has 1 rings (SSSR count). The Morgan fingerprint density at radius 3 is 2.87 bits per heavy atom. The van der Waals surface area contributed by atoms with Gasteiger partial charge >= 0.3 is 0 Å². The molecular formula is C12H23NO2. The topological polar surface area (TPSA) is 29.5 Å². The smallest absolute Gasteiger partial charge is 0.134 e. The van der Waals surface area contributed by atoms with E-state index in [1.165, 1.54) is 0 Å². The molecular weight excluding hydrogens is 190 g/mol. The monoisotopic (exact) mass is 213 g/mol. The van der Waals surface area contributed by atoms with Crippen LogP contribution in [0, 0.1) is 5.92 Å². The van der Waals surface area contributed by atoms with Crippen molar-refractivity contribution in [3.8, 4) is 0 Å². The Morgan fingerprint density at radius 1 is 1.53 bits per heavy atom. The third kappa shape index (κ3) is 4.76. The van der Waals surface area contributed by atoms with Gasteiger partial charge in [-0.25, -0.2) is 0 Å². The molecule has 0 saturated carbocycles. The molecule has 0 spiro atoms. The molecule has 0 aromatic carbocycles. The summed E-state index contributed by atoms with van der Waals surface area (Å²) in [7, 11) is 0. The fourth-order valence-electron chi connectivity index (χ4n) is 2.01. The normalized spacial score (nSPS) is 23.3. The maximum absolute atomic E-state index is 11.3. The van der Waals surface area contributed by atoms with Crippen LogP contribution in [-0.4, -0.2) is 43.0 Å². The number of ether oxygens (including phenoxy) is 1. The number of carbonyl (C=O) groups excluding carboxylic acids is 1. The van der Waals surface area contributed by atoms with Gasteiger partial charge in [-0.05, 0) is 40.2 Å². The number of likely N-dealkylation sites (tertiary alicyclic amines) is 1. The first kappa shape index (κ1) is 12.7. The molecule has 3 nitrogen and oxygen atoms in total. The molecule has 0 N–H and O–H groups in total. The van der Waals surface area contributed by atoms with Crippen LogP contribution in [0.3, 0.4) is 0 Å². The van der Waals surface area contributed by atoms with Crippen molar-refractivity contribution in [3.05, 3.63) is 0 Å². The third-order valence-electron chi connectivity index (χ3n) is 2.94. The van der Waals surface area contributed by atoms with Crippen LogP contribution in [0.25, 0.3) is 0 Å². The minimum atomic E-state index is 0.262. The Bertz CT molecular complexity index is 204. The number of rotatable bonds is 5. The average Bonchev–Trinajstić information content (AvgIpc) is 2.17. The molecule has 1 fully saturated rings. The molecule has 0 amide bonds. The lowest BCUT2D eigenvalue weighted by Gasteiger charge is -2.31. The summed E-state index contributed by atoms with van der Waals surface area (Å²) in [6.07, 6.45) is 2.52. The number of hydrogen-bond donors (Lipinski definition) is 0. The van der Waals surface area contributed by atoms with E-state index in [4.69, 9.17) is 4.74 Å².